The van der Waals surface area contributed by atoms with Crippen molar-refractivity contribution in [3.8, 4) is 11.5 Å². The molecule has 2 aromatic rings. The average Bonchev–Trinajstić information content (AvgIpc) is 3.20. The van der Waals surface area contributed by atoms with Crippen LogP contribution in [0.3, 0.4) is 0 Å². The van der Waals surface area contributed by atoms with Gasteiger partial charge in [-0.15, -0.1) is 10.2 Å². The molecule has 1 N–H and O–H groups in total. The summed E-state index contributed by atoms with van der Waals surface area (Å²) >= 11 is 0. The van der Waals surface area contributed by atoms with Gasteiger partial charge < -0.3 is 24.6 Å². The van der Waals surface area contributed by atoms with E-state index in [0.717, 1.165) is 17.1 Å². The highest BCUT2D eigenvalue weighted by Crippen LogP contribution is 2.32. The Morgan fingerprint density at radius 3 is 2.46 bits per heavy atom. The number of amides is 2. The zero-order chi connectivity index (χ0) is 19.5. The van der Waals surface area contributed by atoms with Gasteiger partial charge in [-0.3, -0.25) is 9.59 Å². The Morgan fingerprint density at radius 2 is 1.75 bits per heavy atom. The zero-order valence-electron chi connectivity index (χ0n) is 15.6. The second-order valence-corrected chi connectivity index (χ2v) is 6.64. The summed E-state index contributed by atoms with van der Waals surface area (Å²) in [5, 5.41) is 11.3. The van der Waals surface area contributed by atoms with Crippen molar-refractivity contribution >= 4 is 17.6 Å². The van der Waals surface area contributed by atoms with Gasteiger partial charge in [-0.25, -0.2) is 0 Å². The summed E-state index contributed by atoms with van der Waals surface area (Å²) in [7, 11) is 0. The maximum absolute atomic E-state index is 12.5. The Balaban J connectivity index is 1.32. The van der Waals surface area contributed by atoms with E-state index in [9.17, 15) is 9.59 Å². The maximum atomic E-state index is 12.5. The molecule has 9 nitrogen and oxygen atoms in total. The number of nitrogens with zero attached hydrogens (tertiary/aromatic N) is 4. The van der Waals surface area contributed by atoms with Gasteiger partial charge in [0.25, 0.3) is 5.91 Å². The molecule has 1 aromatic carbocycles. The van der Waals surface area contributed by atoms with Crippen LogP contribution in [-0.2, 0) is 11.3 Å². The van der Waals surface area contributed by atoms with Crippen LogP contribution in [0.15, 0.2) is 30.3 Å². The van der Waals surface area contributed by atoms with Gasteiger partial charge in [-0.2, -0.15) is 0 Å². The highest BCUT2D eigenvalue weighted by Gasteiger charge is 2.24. The number of ether oxygens (including phenoxy) is 2. The number of hydrogen-bond donors (Lipinski definition) is 1. The highest BCUT2D eigenvalue weighted by atomic mass is 16.7. The Bertz CT molecular complexity index is 878. The third kappa shape index (κ3) is 3.83. The van der Waals surface area contributed by atoms with Crippen LogP contribution in [0.5, 0.6) is 11.5 Å². The number of carbonyl (C=O) groups is 2. The molecule has 0 spiro atoms. The molecule has 2 aliphatic heterocycles. The van der Waals surface area contributed by atoms with Crippen LogP contribution < -0.4 is 14.8 Å². The molecular weight excluding hydrogens is 362 g/mol. The normalized spacial score (nSPS) is 15.5. The Labute approximate surface area is 162 Å². The summed E-state index contributed by atoms with van der Waals surface area (Å²) in [5.41, 5.74) is 1.32. The van der Waals surface area contributed by atoms with Crippen LogP contribution in [0.1, 0.15) is 23.0 Å². The minimum absolute atomic E-state index is 0.0322. The number of benzene rings is 1. The fraction of sp³-hybridized carbons (Fsp3) is 0.368. The van der Waals surface area contributed by atoms with E-state index >= 15 is 0 Å². The first-order chi connectivity index (χ1) is 13.6. The molecule has 1 aromatic heterocycles. The highest BCUT2D eigenvalue weighted by molar-refractivity contribution is 5.92. The Morgan fingerprint density at radius 1 is 1.00 bits per heavy atom. The van der Waals surface area contributed by atoms with Crippen molar-refractivity contribution in [2.45, 2.75) is 13.5 Å². The fourth-order valence-corrected chi connectivity index (χ4v) is 3.17. The van der Waals surface area contributed by atoms with Crippen LogP contribution in [0.25, 0.3) is 0 Å². The first-order valence-corrected chi connectivity index (χ1v) is 9.11. The number of fused-ring (bicyclic) bond motifs is 1. The van der Waals surface area contributed by atoms with E-state index in [4.69, 9.17) is 9.47 Å². The SMILES string of the molecule is CC(=O)N1CCN(C(=O)c2ccc(NCc3ccc4c(c3)OCO4)nn2)CC1. The molecule has 2 amide bonds. The number of nitrogens with one attached hydrogen (secondary N) is 1. The molecule has 3 heterocycles. The summed E-state index contributed by atoms with van der Waals surface area (Å²) in [4.78, 5) is 27.4. The van der Waals surface area contributed by atoms with E-state index in [1.54, 1.807) is 21.9 Å². The van der Waals surface area contributed by atoms with E-state index in [0.29, 0.717) is 44.2 Å². The molecular formula is C19H21N5O4. The predicted molar refractivity (Wildman–Crippen MR) is 100 cm³/mol. The molecule has 0 saturated carbocycles. The van der Waals surface area contributed by atoms with Crippen molar-refractivity contribution in [3.05, 3.63) is 41.6 Å². The van der Waals surface area contributed by atoms with Gasteiger partial charge in [0.1, 0.15) is 5.82 Å². The van der Waals surface area contributed by atoms with E-state index in [1.807, 2.05) is 18.2 Å². The van der Waals surface area contributed by atoms with Crippen LogP contribution >= 0.6 is 0 Å². The molecule has 0 unspecified atom stereocenters. The number of piperazine rings is 1. The minimum Gasteiger partial charge on any atom is -0.454 e. The van der Waals surface area contributed by atoms with Crippen LogP contribution in [0, 0.1) is 0 Å². The van der Waals surface area contributed by atoms with Crippen molar-refractivity contribution in [2.75, 3.05) is 38.3 Å². The summed E-state index contributed by atoms with van der Waals surface area (Å²) in [6, 6.07) is 9.14. The van der Waals surface area contributed by atoms with Gasteiger partial charge in [0, 0.05) is 39.6 Å². The van der Waals surface area contributed by atoms with Crippen molar-refractivity contribution in [1.82, 2.24) is 20.0 Å². The largest absolute Gasteiger partial charge is 0.454 e. The summed E-state index contributed by atoms with van der Waals surface area (Å²) in [6.45, 7) is 4.43. The molecule has 1 saturated heterocycles. The standard InChI is InChI=1S/C19H21N5O4/c1-13(25)23-6-8-24(9-7-23)19(26)15-3-5-18(22-21-15)20-11-14-2-4-16-17(10-14)28-12-27-16/h2-5,10H,6-9,11-12H2,1H3,(H,20,22). The number of hydrogen-bond acceptors (Lipinski definition) is 7. The molecule has 28 heavy (non-hydrogen) atoms. The predicted octanol–water partition coefficient (Wildman–Crippen LogP) is 1.12. The van der Waals surface area contributed by atoms with Crippen LogP contribution in [-0.4, -0.2) is 64.8 Å². The summed E-state index contributed by atoms with van der Waals surface area (Å²) < 4.78 is 10.7. The topological polar surface area (TPSA) is 96.9 Å². The molecule has 4 rings (SSSR count). The van der Waals surface area contributed by atoms with Gasteiger partial charge in [-0.1, -0.05) is 6.07 Å². The number of aromatic nitrogens is 2. The van der Waals surface area contributed by atoms with Crippen LogP contribution in [0.4, 0.5) is 5.82 Å². The van der Waals surface area contributed by atoms with E-state index in [-0.39, 0.29) is 18.6 Å². The lowest BCUT2D eigenvalue weighted by atomic mass is 10.2. The van der Waals surface area contributed by atoms with E-state index in [2.05, 4.69) is 15.5 Å². The number of carbonyl (C=O) groups excluding carboxylic acids is 2. The maximum Gasteiger partial charge on any atom is 0.274 e. The van der Waals surface area contributed by atoms with Gasteiger partial charge >= 0.3 is 0 Å². The second kappa shape index (κ2) is 7.71. The molecule has 0 radical (unpaired) electrons. The molecule has 1 fully saturated rings. The van der Waals surface area contributed by atoms with E-state index in [1.165, 1.54) is 6.92 Å². The minimum atomic E-state index is -0.168. The lowest BCUT2D eigenvalue weighted by Gasteiger charge is -2.33. The van der Waals surface area contributed by atoms with Gasteiger partial charge in [-0.05, 0) is 29.8 Å². The molecule has 0 atom stereocenters. The number of rotatable bonds is 4. The summed E-state index contributed by atoms with van der Waals surface area (Å²) in [5.74, 6) is 1.92. The monoisotopic (exact) mass is 383 g/mol. The van der Waals surface area contributed by atoms with Gasteiger partial charge in [0.05, 0.1) is 0 Å². The van der Waals surface area contributed by atoms with Crippen molar-refractivity contribution < 1.29 is 19.1 Å². The van der Waals surface area contributed by atoms with Crippen molar-refractivity contribution in [3.63, 3.8) is 0 Å². The molecule has 0 aliphatic carbocycles. The molecule has 146 valence electrons. The van der Waals surface area contributed by atoms with E-state index < -0.39 is 0 Å². The average molecular weight is 383 g/mol. The summed E-state index contributed by atoms with van der Waals surface area (Å²) in [6.07, 6.45) is 0. The third-order valence-electron chi connectivity index (χ3n) is 4.81. The van der Waals surface area contributed by atoms with Crippen molar-refractivity contribution in [2.24, 2.45) is 0 Å². The Kier molecular flexibility index (Phi) is 4.96. The first kappa shape index (κ1) is 18.0. The van der Waals surface area contributed by atoms with Crippen molar-refractivity contribution in [1.29, 1.82) is 0 Å². The molecule has 9 heteroatoms. The Hall–Kier alpha value is -3.36. The zero-order valence-corrected chi connectivity index (χ0v) is 15.6. The second-order valence-electron chi connectivity index (χ2n) is 6.64. The quantitative estimate of drug-likeness (QED) is 0.845. The smallest absolute Gasteiger partial charge is 0.274 e. The number of anilines is 1. The third-order valence-corrected chi connectivity index (χ3v) is 4.81. The first-order valence-electron chi connectivity index (χ1n) is 9.11. The van der Waals surface area contributed by atoms with Gasteiger partial charge in [0.2, 0.25) is 12.7 Å². The van der Waals surface area contributed by atoms with Gasteiger partial charge in [0.15, 0.2) is 17.2 Å². The lowest BCUT2D eigenvalue weighted by Crippen LogP contribution is -2.50. The van der Waals surface area contributed by atoms with Crippen LogP contribution in [0.2, 0.25) is 0 Å². The molecule has 2 aliphatic rings. The molecule has 0 bridgehead atoms. The fourth-order valence-electron chi connectivity index (χ4n) is 3.17. The lowest BCUT2D eigenvalue weighted by molar-refractivity contribution is -0.130.